The van der Waals surface area contributed by atoms with Crippen LogP contribution in [-0.2, 0) is 12.8 Å². The van der Waals surface area contributed by atoms with E-state index in [4.69, 9.17) is 5.11 Å². The molecule has 1 amide bonds. The summed E-state index contributed by atoms with van der Waals surface area (Å²) in [6, 6.07) is 6.13. The van der Waals surface area contributed by atoms with E-state index in [-0.39, 0.29) is 12.5 Å². The van der Waals surface area contributed by atoms with Gasteiger partial charge in [0.1, 0.15) is 0 Å². The number of hydrogen-bond acceptors (Lipinski definition) is 2. The second-order valence-electron chi connectivity index (χ2n) is 5.58. The molecule has 0 heterocycles. The van der Waals surface area contributed by atoms with Crippen LogP contribution in [0.4, 0.5) is 0 Å². The Kier molecular flexibility index (Phi) is 6.06. The van der Waals surface area contributed by atoms with Crippen molar-refractivity contribution in [2.75, 3.05) is 13.2 Å². The van der Waals surface area contributed by atoms with E-state index in [0.29, 0.717) is 0 Å². The molecule has 2 rings (SSSR count). The first-order chi connectivity index (χ1) is 9.81. The standard InChI is InChI=1S/C17H25NO2/c19-12-6-2-1-5-11-18-17(20)16-10-9-14-7-3-4-8-15(14)13-16/h9-10,13,19H,1-8,11-12H2,(H,18,20). The summed E-state index contributed by atoms with van der Waals surface area (Å²) in [7, 11) is 0. The number of fused-ring (bicyclic) bond motifs is 1. The summed E-state index contributed by atoms with van der Waals surface area (Å²) in [4.78, 5) is 12.1. The molecule has 1 aliphatic rings. The normalized spacial score (nSPS) is 13.8. The number of carbonyl (C=O) groups is 1. The van der Waals surface area contributed by atoms with Crippen LogP contribution in [0.3, 0.4) is 0 Å². The number of amides is 1. The summed E-state index contributed by atoms with van der Waals surface area (Å²) in [5.74, 6) is 0.0422. The number of aryl methyl sites for hydroxylation is 2. The molecular weight excluding hydrogens is 250 g/mol. The van der Waals surface area contributed by atoms with Gasteiger partial charge in [-0.2, -0.15) is 0 Å². The second-order valence-corrected chi connectivity index (χ2v) is 5.58. The van der Waals surface area contributed by atoms with Gasteiger partial charge in [0, 0.05) is 18.7 Å². The maximum atomic E-state index is 12.1. The van der Waals surface area contributed by atoms with Crippen LogP contribution in [0.2, 0.25) is 0 Å². The van der Waals surface area contributed by atoms with E-state index in [1.165, 1.54) is 24.0 Å². The van der Waals surface area contributed by atoms with Crippen molar-refractivity contribution in [3.05, 3.63) is 34.9 Å². The number of aliphatic hydroxyl groups is 1. The van der Waals surface area contributed by atoms with Crippen LogP contribution in [0, 0.1) is 0 Å². The molecule has 3 nitrogen and oxygen atoms in total. The molecular formula is C17H25NO2. The average Bonchev–Trinajstić information content (AvgIpc) is 2.50. The monoisotopic (exact) mass is 275 g/mol. The van der Waals surface area contributed by atoms with Crippen LogP contribution in [-0.4, -0.2) is 24.2 Å². The predicted octanol–water partition coefficient (Wildman–Crippen LogP) is 2.85. The predicted molar refractivity (Wildman–Crippen MR) is 81.0 cm³/mol. The van der Waals surface area contributed by atoms with Crippen LogP contribution in [0.15, 0.2) is 18.2 Å². The molecule has 0 bridgehead atoms. The number of hydrogen-bond donors (Lipinski definition) is 2. The molecule has 1 aliphatic carbocycles. The van der Waals surface area contributed by atoms with Crippen LogP contribution < -0.4 is 5.32 Å². The molecule has 0 radical (unpaired) electrons. The van der Waals surface area contributed by atoms with Crippen molar-refractivity contribution >= 4 is 5.91 Å². The lowest BCUT2D eigenvalue weighted by molar-refractivity contribution is 0.0952. The van der Waals surface area contributed by atoms with Gasteiger partial charge in [0.15, 0.2) is 0 Å². The molecule has 0 atom stereocenters. The van der Waals surface area contributed by atoms with Gasteiger partial charge in [0.2, 0.25) is 0 Å². The molecule has 0 aromatic heterocycles. The minimum atomic E-state index is 0.0422. The molecule has 0 fully saturated rings. The van der Waals surface area contributed by atoms with Gasteiger partial charge in [-0.25, -0.2) is 0 Å². The molecule has 0 aliphatic heterocycles. The highest BCUT2D eigenvalue weighted by atomic mass is 16.2. The second kappa shape index (κ2) is 8.05. The zero-order valence-corrected chi connectivity index (χ0v) is 12.2. The first-order valence-corrected chi connectivity index (χ1v) is 7.82. The summed E-state index contributed by atoms with van der Waals surface area (Å²) in [6.45, 7) is 0.989. The Morgan fingerprint density at radius 2 is 1.80 bits per heavy atom. The molecule has 3 heteroatoms. The largest absolute Gasteiger partial charge is 0.396 e. The zero-order chi connectivity index (χ0) is 14.2. The van der Waals surface area contributed by atoms with E-state index < -0.39 is 0 Å². The number of unbranched alkanes of at least 4 members (excludes halogenated alkanes) is 3. The highest BCUT2D eigenvalue weighted by molar-refractivity contribution is 5.94. The molecule has 0 saturated carbocycles. The molecule has 1 aromatic carbocycles. The minimum absolute atomic E-state index is 0.0422. The SMILES string of the molecule is O=C(NCCCCCCO)c1ccc2c(c1)CCCC2. The topological polar surface area (TPSA) is 49.3 Å². The lowest BCUT2D eigenvalue weighted by Crippen LogP contribution is -2.24. The molecule has 0 unspecified atom stereocenters. The third-order valence-corrected chi connectivity index (χ3v) is 3.98. The van der Waals surface area contributed by atoms with Crippen LogP contribution in [0.25, 0.3) is 0 Å². The minimum Gasteiger partial charge on any atom is -0.396 e. The number of carbonyl (C=O) groups excluding carboxylic acids is 1. The van der Waals surface area contributed by atoms with Gasteiger partial charge in [-0.05, 0) is 61.8 Å². The van der Waals surface area contributed by atoms with Gasteiger partial charge in [-0.3, -0.25) is 4.79 Å². The van der Waals surface area contributed by atoms with Crippen molar-refractivity contribution in [3.63, 3.8) is 0 Å². The van der Waals surface area contributed by atoms with Crippen molar-refractivity contribution in [1.29, 1.82) is 0 Å². The van der Waals surface area contributed by atoms with Crippen molar-refractivity contribution in [1.82, 2.24) is 5.32 Å². The molecule has 0 saturated heterocycles. The average molecular weight is 275 g/mol. The summed E-state index contributed by atoms with van der Waals surface area (Å²) in [6.07, 6.45) is 8.71. The van der Waals surface area contributed by atoms with Crippen molar-refractivity contribution in [2.24, 2.45) is 0 Å². The molecule has 0 spiro atoms. The fourth-order valence-electron chi connectivity index (χ4n) is 2.77. The van der Waals surface area contributed by atoms with Gasteiger partial charge in [-0.15, -0.1) is 0 Å². The number of nitrogens with one attached hydrogen (secondary N) is 1. The first kappa shape index (κ1) is 15.0. The Bertz CT molecular complexity index is 443. The van der Waals surface area contributed by atoms with Gasteiger partial charge >= 0.3 is 0 Å². The van der Waals surface area contributed by atoms with Gasteiger partial charge in [0.25, 0.3) is 5.91 Å². The highest BCUT2D eigenvalue weighted by Crippen LogP contribution is 2.22. The molecule has 20 heavy (non-hydrogen) atoms. The Morgan fingerprint density at radius 1 is 1.05 bits per heavy atom. The Hall–Kier alpha value is -1.35. The summed E-state index contributed by atoms with van der Waals surface area (Å²) in [5.41, 5.74) is 3.56. The lowest BCUT2D eigenvalue weighted by atomic mass is 9.90. The maximum Gasteiger partial charge on any atom is 0.251 e. The summed E-state index contributed by atoms with van der Waals surface area (Å²) < 4.78 is 0. The maximum absolute atomic E-state index is 12.1. The first-order valence-electron chi connectivity index (χ1n) is 7.82. The van der Waals surface area contributed by atoms with E-state index in [0.717, 1.165) is 50.6 Å². The van der Waals surface area contributed by atoms with Crippen LogP contribution in [0.1, 0.15) is 60.0 Å². The third kappa shape index (κ3) is 4.34. The number of benzene rings is 1. The van der Waals surface area contributed by atoms with Crippen molar-refractivity contribution in [2.45, 2.75) is 51.4 Å². The molecule has 110 valence electrons. The Labute approximate surface area is 121 Å². The molecule has 2 N–H and O–H groups in total. The third-order valence-electron chi connectivity index (χ3n) is 3.98. The van der Waals surface area contributed by atoms with Crippen molar-refractivity contribution < 1.29 is 9.90 Å². The van der Waals surface area contributed by atoms with Gasteiger partial charge in [0.05, 0.1) is 0 Å². The van der Waals surface area contributed by atoms with Gasteiger partial charge in [-0.1, -0.05) is 18.9 Å². The lowest BCUT2D eigenvalue weighted by Gasteiger charge is -2.16. The quantitative estimate of drug-likeness (QED) is 0.752. The smallest absolute Gasteiger partial charge is 0.251 e. The summed E-state index contributed by atoms with van der Waals surface area (Å²) in [5, 5.41) is 11.7. The highest BCUT2D eigenvalue weighted by Gasteiger charge is 2.12. The van der Waals surface area contributed by atoms with E-state index in [1.807, 2.05) is 6.07 Å². The fourth-order valence-corrected chi connectivity index (χ4v) is 2.77. The zero-order valence-electron chi connectivity index (χ0n) is 12.2. The Morgan fingerprint density at radius 3 is 2.60 bits per heavy atom. The molecule has 1 aromatic rings. The summed E-state index contributed by atoms with van der Waals surface area (Å²) >= 11 is 0. The van der Waals surface area contributed by atoms with Crippen LogP contribution in [0.5, 0.6) is 0 Å². The Balaban J connectivity index is 1.77. The van der Waals surface area contributed by atoms with Crippen molar-refractivity contribution in [3.8, 4) is 0 Å². The van der Waals surface area contributed by atoms with E-state index in [9.17, 15) is 4.79 Å². The van der Waals surface area contributed by atoms with E-state index >= 15 is 0 Å². The van der Waals surface area contributed by atoms with E-state index in [2.05, 4.69) is 17.4 Å². The van der Waals surface area contributed by atoms with E-state index in [1.54, 1.807) is 0 Å². The number of aliphatic hydroxyl groups excluding tert-OH is 1. The fraction of sp³-hybridized carbons (Fsp3) is 0.588. The van der Waals surface area contributed by atoms with Gasteiger partial charge < -0.3 is 10.4 Å². The van der Waals surface area contributed by atoms with Crippen LogP contribution >= 0.6 is 0 Å². The number of rotatable bonds is 7.